The van der Waals surface area contributed by atoms with Gasteiger partial charge in [0.1, 0.15) is 5.82 Å². The van der Waals surface area contributed by atoms with Crippen LogP contribution in [0.1, 0.15) is 21.5 Å². The Kier molecular flexibility index (Phi) is 5.30. The Labute approximate surface area is 159 Å². The van der Waals surface area contributed by atoms with Crippen LogP contribution in [0, 0.1) is 22.9 Å². The lowest BCUT2D eigenvalue weighted by Crippen LogP contribution is -2.22. The molecule has 3 rings (SSSR count). The van der Waals surface area contributed by atoms with E-state index in [0.717, 1.165) is 0 Å². The molecule has 1 N–H and O–H groups in total. The average molecular weight is 381 g/mol. The van der Waals surface area contributed by atoms with Crippen LogP contribution in [0.4, 0.5) is 15.8 Å². The molecule has 0 aliphatic rings. The molecule has 1 aromatic heterocycles. The van der Waals surface area contributed by atoms with Gasteiger partial charge >= 0.3 is 0 Å². The summed E-state index contributed by atoms with van der Waals surface area (Å²) < 4.78 is 14.4. The number of amides is 1. The van der Waals surface area contributed by atoms with E-state index in [4.69, 9.17) is 0 Å². The third-order valence-corrected chi connectivity index (χ3v) is 4.19. The van der Waals surface area contributed by atoms with Gasteiger partial charge in [-0.25, -0.2) is 4.39 Å². The SMILES string of the molecule is Cc1ccc([N+](=O)[O-])cc1NC(=O)c1ccc(=O)n(Cc2ccc(F)cc2)c1. The van der Waals surface area contributed by atoms with Gasteiger partial charge in [0, 0.05) is 24.4 Å². The number of hydrogen-bond donors (Lipinski definition) is 1. The number of nitrogens with zero attached hydrogens (tertiary/aromatic N) is 2. The number of hydrogen-bond acceptors (Lipinski definition) is 4. The molecule has 0 aliphatic heterocycles. The monoisotopic (exact) mass is 381 g/mol. The number of nitro groups is 1. The van der Waals surface area contributed by atoms with Gasteiger partial charge in [0.05, 0.1) is 22.7 Å². The molecule has 0 aliphatic carbocycles. The molecule has 2 aromatic carbocycles. The van der Waals surface area contributed by atoms with E-state index in [2.05, 4.69) is 5.32 Å². The van der Waals surface area contributed by atoms with Crippen LogP contribution in [0.15, 0.2) is 65.6 Å². The van der Waals surface area contributed by atoms with Crippen molar-refractivity contribution in [1.29, 1.82) is 0 Å². The van der Waals surface area contributed by atoms with Crippen molar-refractivity contribution in [2.45, 2.75) is 13.5 Å². The van der Waals surface area contributed by atoms with E-state index in [1.807, 2.05) is 0 Å². The molecular weight excluding hydrogens is 365 g/mol. The number of benzene rings is 2. The Hall–Kier alpha value is -3.81. The molecule has 0 atom stereocenters. The summed E-state index contributed by atoms with van der Waals surface area (Å²) in [6, 6.07) is 12.5. The van der Waals surface area contributed by atoms with Crippen molar-refractivity contribution in [2.75, 3.05) is 5.32 Å². The number of carbonyl (C=O) groups excluding carboxylic acids is 1. The second-order valence-electron chi connectivity index (χ2n) is 6.22. The molecular formula is C20H16FN3O4. The molecule has 28 heavy (non-hydrogen) atoms. The molecule has 0 saturated heterocycles. The van der Waals surface area contributed by atoms with Crippen molar-refractivity contribution in [3.05, 3.63) is 104 Å². The van der Waals surface area contributed by atoms with E-state index < -0.39 is 10.8 Å². The third kappa shape index (κ3) is 4.29. The molecule has 0 fully saturated rings. The highest BCUT2D eigenvalue weighted by Gasteiger charge is 2.13. The van der Waals surface area contributed by atoms with Gasteiger partial charge in [-0.3, -0.25) is 19.7 Å². The fourth-order valence-corrected chi connectivity index (χ4v) is 2.63. The summed E-state index contributed by atoms with van der Waals surface area (Å²) in [5.41, 5.74) is 1.45. The number of aryl methyl sites for hydroxylation is 1. The van der Waals surface area contributed by atoms with Gasteiger partial charge in [0.25, 0.3) is 17.2 Å². The standard InChI is InChI=1S/C20H16FN3O4/c1-13-2-8-17(24(27)28)10-18(13)22-20(26)15-5-9-19(25)23(12-15)11-14-3-6-16(21)7-4-14/h2-10,12H,11H2,1H3,(H,22,26). The van der Waals surface area contributed by atoms with E-state index in [1.54, 1.807) is 25.1 Å². The van der Waals surface area contributed by atoms with Crippen molar-refractivity contribution in [2.24, 2.45) is 0 Å². The number of anilines is 1. The summed E-state index contributed by atoms with van der Waals surface area (Å²) in [5, 5.41) is 13.6. The van der Waals surface area contributed by atoms with E-state index in [9.17, 15) is 24.1 Å². The Morgan fingerprint density at radius 1 is 1.14 bits per heavy atom. The summed E-state index contributed by atoms with van der Waals surface area (Å²) in [7, 11) is 0. The molecule has 1 amide bonds. The Balaban J connectivity index is 1.85. The molecule has 7 nitrogen and oxygen atoms in total. The molecule has 1 heterocycles. The topological polar surface area (TPSA) is 94.2 Å². The van der Waals surface area contributed by atoms with Gasteiger partial charge in [0.15, 0.2) is 0 Å². The summed E-state index contributed by atoms with van der Waals surface area (Å²) in [4.78, 5) is 35.0. The minimum atomic E-state index is -0.544. The predicted octanol–water partition coefficient (Wildman–Crippen LogP) is 3.50. The van der Waals surface area contributed by atoms with Gasteiger partial charge < -0.3 is 9.88 Å². The molecule has 0 saturated carbocycles. The Morgan fingerprint density at radius 2 is 1.86 bits per heavy atom. The number of nitrogens with one attached hydrogen (secondary N) is 1. The first-order valence-electron chi connectivity index (χ1n) is 8.35. The molecule has 142 valence electrons. The normalized spacial score (nSPS) is 10.5. The third-order valence-electron chi connectivity index (χ3n) is 4.19. The fourth-order valence-electron chi connectivity index (χ4n) is 2.63. The summed E-state index contributed by atoms with van der Waals surface area (Å²) in [6.07, 6.45) is 1.40. The largest absolute Gasteiger partial charge is 0.321 e. The number of non-ortho nitro benzene ring substituents is 1. The second kappa shape index (κ2) is 7.83. The van der Waals surface area contributed by atoms with Crippen LogP contribution < -0.4 is 10.9 Å². The van der Waals surface area contributed by atoms with E-state index in [0.29, 0.717) is 16.8 Å². The zero-order valence-corrected chi connectivity index (χ0v) is 14.9. The first-order valence-corrected chi connectivity index (χ1v) is 8.35. The fraction of sp³-hybridized carbons (Fsp3) is 0.100. The molecule has 0 unspecified atom stereocenters. The zero-order valence-electron chi connectivity index (χ0n) is 14.9. The number of aromatic nitrogens is 1. The maximum absolute atomic E-state index is 13.0. The van der Waals surface area contributed by atoms with Crippen molar-refractivity contribution < 1.29 is 14.1 Å². The highest BCUT2D eigenvalue weighted by Crippen LogP contribution is 2.22. The smallest absolute Gasteiger partial charge is 0.271 e. The Morgan fingerprint density at radius 3 is 2.54 bits per heavy atom. The maximum Gasteiger partial charge on any atom is 0.271 e. The minimum Gasteiger partial charge on any atom is -0.321 e. The van der Waals surface area contributed by atoms with Crippen molar-refractivity contribution in [3.63, 3.8) is 0 Å². The minimum absolute atomic E-state index is 0.137. The zero-order chi connectivity index (χ0) is 20.3. The van der Waals surface area contributed by atoms with Crippen LogP contribution >= 0.6 is 0 Å². The molecule has 0 spiro atoms. The number of carbonyl (C=O) groups is 1. The van der Waals surface area contributed by atoms with E-state index >= 15 is 0 Å². The Bertz CT molecular complexity index is 1110. The first kappa shape index (κ1) is 19.0. The lowest BCUT2D eigenvalue weighted by atomic mass is 10.1. The highest BCUT2D eigenvalue weighted by atomic mass is 19.1. The summed E-state index contributed by atoms with van der Waals surface area (Å²) in [6.45, 7) is 1.89. The van der Waals surface area contributed by atoms with Gasteiger partial charge in [0.2, 0.25) is 0 Å². The number of halogens is 1. The summed E-state index contributed by atoms with van der Waals surface area (Å²) in [5.74, 6) is -0.881. The lowest BCUT2D eigenvalue weighted by Gasteiger charge is -2.11. The van der Waals surface area contributed by atoms with Gasteiger partial charge in [-0.1, -0.05) is 18.2 Å². The van der Waals surface area contributed by atoms with Crippen LogP contribution in [0.2, 0.25) is 0 Å². The van der Waals surface area contributed by atoms with Crippen LogP contribution in [0.5, 0.6) is 0 Å². The molecule has 0 radical (unpaired) electrons. The van der Waals surface area contributed by atoms with Crippen LogP contribution in [0.3, 0.4) is 0 Å². The van der Waals surface area contributed by atoms with Gasteiger partial charge in [-0.15, -0.1) is 0 Å². The number of pyridine rings is 1. The first-order chi connectivity index (χ1) is 13.3. The van der Waals surface area contributed by atoms with Crippen molar-refractivity contribution in [1.82, 2.24) is 4.57 Å². The lowest BCUT2D eigenvalue weighted by molar-refractivity contribution is -0.384. The van der Waals surface area contributed by atoms with Crippen LogP contribution in [-0.2, 0) is 6.54 Å². The van der Waals surface area contributed by atoms with Crippen molar-refractivity contribution in [3.8, 4) is 0 Å². The van der Waals surface area contributed by atoms with Gasteiger partial charge in [-0.2, -0.15) is 0 Å². The van der Waals surface area contributed by atoms with Gasteiger partial charge in [-0.05, 0) is 36.2 Å². The van der Waals surface area contributed by atoms with Crippen molar-refractivity contribution >= 4 is 17.3 Å². The quantitative estimate of drug-likeness (QED) is 0.541. The van der Waals surface area contributed by atoms with Crippen LogP contribution in [-0.4, -0.2) is 15.4 Å². The second-order valence-corrected chi connectivity index (χ2v) is 6.22. The average Bonchev–Trinajstić information content (AvgIpc) is 2.66. The van der Waals surface area contributed by atoms with Crippen LogP contribution in [0.25, 0.3) is 0 Å². The predicted molar refractivity (Wildman–Crippen MR) is 102 cm³/mol. The van der Waals surface area contributed by atoms with E-state index in [-0.39, 0.29) is 29.2 Å². The van der Waals surface area contributed by atoms with E-state index in [1.165, 1.54) is 47.2 Å². The molecule has 0 bridgehead atoms. The number of nitro benzene ring substituents is 1. The molecule has 8 heteroatoms. The maximum atomic E-state index is 13.0. The molecule has 3 aromatic rings. The highest BCUT2D eigenvalue weighted by molar-refractivity contribution is 6.04. The summed E-state index contributed by atoms with van der Waals surface area (Å²) >= 11 is 0. The number of rotatable bonds is 5.